The van der Waals surface area contributed by atoms with Crippen molar-refractivity contribution in [3.05, 3.63) is 59.7 Å². The van der Waals surface area contributed by atoms with Gasteiger partial charge in [0.25, 0.3) is 0 Å². The summed E-state index contributed by atoms with van der Waals surface area (Å²) in [5.74, 6) is -1.07. The van der Waals surface area contributed by atoms with Crippen LogP contribution >= 0.6 is 0 Å². The van der Waals surface area contributed by atoms with Crippen molar-refractivity contribution in [1.29, 1.82) is 0 Å². The molecule has 7 heteroatoms. The normalized spacial score (nSPS) is 19.2. The van der Waals surface area contributed by atoms with Crippen LogP contribution in [0.1, 0.15) is 68.4 Å². The molecule has 0 saturated heterocycles. The SMILES string of the molecule is O=C(O)CC1(NC(=O)C2(CNC(=O)OCC3c4ccccc4-c4ccccc43)CC2)CCCCC1. The molecule has 0 heterocycles. The molecule has 184 valence electrons. The van der Waals surface area contributed by atoms with Gasteiger partial charge in [0.15, 0.2) is 0 Å². The predicted molar refractivity (Wildman–Crippen MR) is 131 cm³/mol. The van der Waals surface area contributed by atoms with Gasteiger partial charge in [-0.05, 0) is 47.9 Å². The van der Waals surface area contributed by atoms with Gasteiger partial charge in [-0.3, -0.25) is 9.59 Å². The lowest BCUT2D eigenvalue weighted by molar-refractivity contribution is -0.140. The summed E-state index contributed by atoms with van der Waals surface area (Å²) in [6, 6.07) is 16.3. The summed E-state index contributed by atoms with van der Waals surface area (Å²) in [4.78, 5) is 37.2. The molecule has 0 bridgehead atoms. The van der Waals surface area contributed by atoms with Crippen LogP contribution in [0.2, 0.25) is 0 Å². The molecule has 2 aromatic carbocycles. The van der Waals surface area contributed by atoms with Crippen LogP contribution in [0.25, 0.3) is 11.1 Å². The van der Waals surface area contributed by atoms with E-state index in [9.17, 15) is 19.5 Å². The summed E-state index contributed by atoms with van der Waals surface area (Å²) < 4.78 is 5.61. The Morgan fingerprint density at radius 2 is 1.49 bits per heavy atom. The van der Waals surface area contributed by atoms with E-state index in [4.69, 9.17) is 4.74 Å². The number of benzene rings is 2. The molecule has 2 aromatic rings. The van der Waals surface area contributed by atoms with Gasteiger partial charge in [0.05, 0.1) is 17.4 Å². The predicted octanol–water partition coefficient (Wildman–Crippen LogP) is 4.60. The summed E-state index contributed by atoms with van der Waals surface area (Å²) in [5, 5.41) is 15.3. The van der Waals surface area contributed by atoms with E-state index in [-0.39, 0.29) is 31.4 Å². The third kappa shape index (κ3) is 4.77. The molecule has 0 radical (unpaired) electrons. The van der Waals surface area contributed by atoms with Crippen molar-refractivity contribution in [2.45, 2.75) is 62.8 Å². The molecule has 2 fully saturated rings. The lowest BCUT2D eigenvalue weighted by Gasteiger charge is -2.38. The number of amides is 2. The van der Waals surface area contributed by atoms with Gasteiger partial charge >= 0.3 is 12.1 Å². The summed E-state index contributed by atoms with van der Waals surface area (Å²) >= 11 is 0. The Labute approximate surface area is 205 Å². The number of carbonyl (C=O) groups is 3. The lowest BCUT2D eigenvalue weighted by atomic mass is 9.78. The Morgan fingerprint density at radius 1 is 0.886 bits per heavy atom. The number of hydrogen-bond acceptors (Lipinski definition) is 4. The van der Waals surface area contributed by atoms with E-state index in [0.29, 0.717) is 25.7 Å². The Balaban J connectivity index is 1.17. The van der Waals surface area contributed by atoms with Gasteiger partial charge < -0.3 is 20.5 Å². The van der Waals surface area contributed by atoms with Gasteiger partial charge in [0.2, 0.25) is 5.91 Å². The fraction of sp³-hybridized carbons (Fsp3) is 0.464. The highest BCUT2D eigenvalue weighted by Crippen LogP contribution is 2.47. The molecule has 0 aliphatic heterocycles. The summed E-state index contributed by atoms with van der Waals surface area (Å²) in [6.07, 6.45) is 5.00. The van der Waals surface area contributed by atoms with Gasteiger partial charge in [-0.2, -0.15) is 0 Å². The maximum absolute atomic E-state index is 13.1. The number of hydrogen-bond donors (Lipinski definition) is 3. The Bertz CT molecular complexity index is 1090. The minimum absolute atomic E-state index is 0.0199. The third-order valence-corrected chi connectivity index (χ3v) is 7.93. The van der Waals surface area contributed by atoms with E-state index in [2.05, 4.69) is 34.9 Å². The van der Waals surface area contributed by atoms with E-state index < -0.39 is 23.0 Å². The first-order valence-electron chi connectivity index (χ1n) is 12.5. The number of aliphatic carboxylic acids is 1. The minimum Gasteiger partial charge on any atom is -0.481 e. The van der Waals surface area contributed by atoms with Crippen LogP contribution < -0.4 is 10.6 Å². The average molecular weight is 477 g/mol. The number of fused-ring (bicyclic) bond motifs is 3. The molecule has 2 amide bonds. The van der Waals surface area contributed by atoms with E-state index >= 15 is 0 Å². The molecule has 0 aromatic heterocycles. The smallest absolute Gasteiger partial charge is 0.407 e. The first-order chi connectivity index (χ1) is 16.9. The maximum atomic E-state index is 13.1. The molecule has 5 rings (SSSR count). The zero-order chi connectivity index (χ0) is 24.5. The van der Waals surface area contributed by atoms with Crippen molar-refractivity contribution >= 4 is 18.0 Å². The molecule has 2 saturated carbocycles. The molecule has 0 unspecified atom stereocenters. The van der Waals surface area contributed by atoms with E-state index in [1.54, 1.807) is 0 Å². The molecule has 35 heavy (non-hydrogen) atoms. The largest absolute Gasteiger partial charge is 0.481 e. The van der Waals surface area contributed by atoms with Crippen LogP contribution in [0.4, 0.5) is 4.79 Å². The van der Waals surface area contributed by atoms with Crippen LogP contribution in [-0.4, -0.2) is 41.8 Å². The van der Waals surface area contributed by atoms with Crippen LogP contribution in [0.3, 0.4) is 0 Å². The van der Waals surface area contributed by atoms with E-state index in [1.165, 1.54) is 11.1 Å². The first-order valence-corrected chi connectivity index (χ1v) is 12.5. The van der Waals surface area contributed by atoms with Crippen molar-refractivity contribution < 1.29 is 24.2 Å². The quantitative estimate of drug-likeness (QED) is 0.517. The molecule has 3 N–H and O–H groups in total. The lowest BCUT2D eigenvalue weighted by Crippen LogP contribution is -2.54. The standard InChI is InChI=1S/C28H32N2O5/c31-24(32)16-28(12-6-1-7-13-28)30-25(33)27(14-15-27)18-29-26(34)35-17-23-21-10-4-2-8-19(21)20-9-3-5-11-22(20)23/h2-5,8-11,23H,1,6-7,12-18H2,(H,29,34)(H,30,33)(H,31,32). The zero-order valence-electron chi connectivity index (χ0n) is 19.8. The van der Waals surface area contributed by atoms with Crippen molar-refractivity contribution in [3.63, 3.8) is 0 Å². The van der Waals surface area contributed by atoms with Crippen molar-refractivity contribution in [1.82, 2.24) is 10.6 Å². The molecular weight excluding hydrogens is 444 g/mol. The van der Waals surface area contributed by atoms with Gasteiger partial charge in [-0.25, -0.2) is 4.79 Å². The van der Waals surface area contributed by atoms with Crippen molar-refractivity contribution in [3.8, 4) is 11.1 Å². The number of nitrogens with one attached hydrogen (secondary N) is 2. The number of alkyl carbamates (subject to hydrolysis) is 1. The third-order valence-electron chi connectivity index (χ3n) is 7.93. The molecule has 0 atom stereocenters. The summed E-state index contributed by atoms with van der Waals surface area (Å²) in [5.41, 5.74) is 3.29. The topological polar surface area (TPSA) is 105 Å². The monoisotopic (exact) mass is 476 g/mol. The maximum Gasteiger partial charge on any atom is 0.407 e. The number of carboxylic acid groups (broad SMARTS) is 1. The molecule has 0 spiro atoms. The second-order valence-electron chi connectivity index (χ2n) is 10.3. The van der Waals surface area contributed by atoms with E-state index in [1.807, 2.05) is 24.3 Å². The summed E-state index contributed by atoms with van der Waals surface area (Å²) in [7, 11) is 0. The number of carboxylic acids is 1. The van der Waals surface area contributed by atoms with Crippen LogP contribution in [-0.2, 0) is 14.3 Å². The Hall–Kier alpha value is -3.35. The Morgan fingerprint density at radius 3 is 2.06 bits per heavy atom. The second kappa shape index (κ2) is 9.36. The number of carbonyl (C=O) groups excluding carboxylic acids is 2. The highest BCUT2D eigenvalue weighted by atomic mass is 16.5. The summed E-state index contributed by atoms with van der Waals surface area (Å²) in [6.45, 7) is 0.416. The fourth-order valence-electron chi connectivity index (χ4n) is 5.76. The fourth-order valence-corrected chi connectivity index (χ4v) is 5.76. The Kier molecular flexibility index (Phi) is 6.26. The molecular formula is C28H32N2O5. The minimum atomic E-state index is -0.895. The van der Waals surface area contributed by atoms with Crippen LogP contribution in [0, 0.1) is 5.41 Å². The van der Waals surface area contributed by atoms with Gasteiger partial charge in [0.1, 0.15) is 6.61 Å². The van der Waals surface area contributed by atoms with Crippen molar-refractivity contribution in [2.24, 2.45) is 5.41 Å². The number of rotatable bonds is 8. The molecule has 7 nitrogen and oxygen atoms in total. The highest BCUT2D eigenvalue weighted by molar-refractivity contribution is 5.87. The second-order valence-corrected chi connectivity index (χ2v) is 10.3. The first kappa shape index (κ1) is 23.4. The van der Waals surface area contributed by atoms with Gasteiger partial charge in [0, 0.05) is 12.5 Å². The molecule has 3 aliphatic rings. The van der Waals surface area contributed by atoms with Crippen LogP contribution in [0.5, 0.6) is 0 Å². The molecule has 3 aliphatic carbocycles. The van der Waals surface area contributed by atoms with E-state index in [0.717, 1.165) is 30.4 Å². The number of ether oxygens (including phenoxy) is 1. The van der Waals surface area contributed by atoms with Gasteiger partial charge in [-0.15, -0.1) is 0 Å². The van der Waals surface area contributed by atoms with Crippen LogP contribution in [0.15, 0.2) is 48.5 Å². The average Bonchev–Trinajstić information content (AvgIpc) is 3.58. The van der Waals surface area contributed by atoms with Gasteiger partial charge in [-0.1, -0.05) is 67.8 Å². The highest BCUT2D eigenvalue weighted by Gasteiger charge is 2.52. The zero-order valence-corrected chi connectivity index (χ0v) is 19.8. The van der Waals surface area contributed by atoms with Crippen molar-refractivity contribution in [2.75, 3.05) is 13.2 Å².